The van der Waals surface area contributed by atoms with E-state index in [-0.39, 0.29) is 31.2 Å². The minimum Gasteiger partial charge on any atom is -0.482 e. The van der Waals surface area contributed by atoms with E-state index in [1.54, 1.807) is 31.2 Å². The van der Waals surface area contributed by atoms with Crippen molar-refractivity contribution in [1.82, 2.24) is 9.55 Å². The van der Waals surface area contributed by atoms with E-state index in [4.69, 9.17) is 15.2 Å². The average molecular weight is 481 g/mol. The quantitative estimate of drug-likeness (QED) is 0.445. The van der Waals surface area contributed by atoms with Gasteiger partial charge in [0.25, 0.3) is 11.5 Å². The number of aromatic amines is 1. The number of H-pyrrole nitrogens is 1. The fourth-order valence-corrected chi connectivity index (χ4v) is 3.43. The molecule has 1 aromatic heterocycles. The first-order valence-electron chi connectivity index (χ1n) is 11.0. The molecule has 1 amide bonds. The number of esters is 1. The summed E-state index contributed by atoms with van der Waals surface area (Å²) in [5, 5.41) is 0. The molecule has 0 fully saturated rings. The van der Waals surface area contributed by atoms with Gasteiger partial charge in [0.05, 0.1) is 6.54 Å². The monoisotopic (exact) mass is 480 g/mol. The lowest BCUT2D eigenvalue weighted by Crippen LogP contribution is -2.42. The molecule has 0 aliphatic rings. The molecule has 10 nitrogen and oxygen atoms in total. The van der Waals surface area contributed by atoms with Crippen LogP contribution < -0.4 is 26.6 Å². The van der Waals surface area contributed by atoms with Crippen LogP contribution >= 0.6 is 0 Å². The number of likely N-dealkylation sites (N-methyl/N-ethyl adjacent to an activating group) is 1. The summed E-state index contributed by atoms with van der Waals surface area (Å²) in [6.07, 6.45) is 0. The van der Waals surface area contributed by atoms with Crippen molar-refractivity contribution in [3.63, 3.8) is 0 Å². The van der Waals surface area contributed by atoms with Gasteiger partial charge in [-0.3, -0.25) is 19.1 Å². The van der Waals surface area contributed by atoms with Crippen LogP contribution in [-0.2, 0) is 20.9 Å². The summed E-state index contributed by atoms with van der Waals surface area (Å²) in [6, 6.07) is 14.5. The highest BCUT2D eigenvalue weighted by Gasteiger charge is 2.24. The van der Waals surface area contributed by atoms with Crippen molar-refractivity contribution in [2.75, 3.05) is 30.4 Å². The molecule has 0 radical (unpaired) electrons. The number of carbonyl (C=O) groups is 2. The molecule has 0 bridgehead atoms. The van der Waals surface area contributed by atoms with E-state index in [0.29, 0.717) is 5.75 Å². The zero-order chi connectivity index (χ0) is 25.5. The van der Waals surface area contributed by atoms with Crippen LogP contribution in [0.15, 0.2) is 58.1 Å². The number of benzene rings is 2. The van der Waals surface area contributed by atoms with Gasteiger partial charge in [0.1, 0.15) is 11.6 Å². The Labute approximate surface area is 201 Å². The molecule has 2 aromatic carbocycles. The summed E-state index contributed by atoms with van der Waals surface area (Å²) in [4.78, 5) is 53.1. The third-order valence-corrected chi connectivity index (χ3v) is 5.48. The van der Waals surface area contributed by atoms with Crippen LogP contribution in [0.1, 0.15) is 23.6 Å². The number of nitrogen functional groups attached to an aromatic ring is 1. The Morgan fingerprint density at radius 3 is 2.40 bits per heavy atom. The summed E-state index contributed by atoms with van der Waals surface area (Å²) < 4.78 is 11.6. The molecular weight excluding hydrogens is 452 g/mol. The summed E-state index contributed by atoms with van der Waals surface area (Å²) in [7, 11) is 0. The fraction of sp³-hybridized carbons (Fsp3) is 0.280. The van der Waals surface area contributed by atoms with Crippen LogP contribution in [0.25, 0.3) is 0 Å². The first-order chi connectivity index (χ1) is 16.7. The second-order valence-corrected chi connectivity index (χ2v) is 7.90. The number of hydrogen-bond donors (Lipinski definition) is 2. The maximum atomic E-state index is 12.8. The number of nitrogens with two attached hydrogens (primary N) is 1. The van der Waals surface area contributed by atoms with Gasteiger partial charge in [-0.25, -0.2) is 9.59 Å². The fourth-order valence-electron chi connectivity index (χ4n) is 3.43. The molecule has 10 heteroatoms. The maximum absolute atomic E-state index is 12.8. The normalized spacial score (nSPS) is 10.6. The zero-order valence-electron chi connectivity index (χ0n) is 19.9. The molecule has 0 aliphatic carbocycles. The summed E-state index contributed by atoms with van der Waals surface area (Å²) >= 11 is 0. The number of anilines is 2. The number of hydrogen-bond acceptors (Lipinski definition) is 7. The molecule has 0 saturated heterocycles. The van der Waals surface area contributed by atoms with E-state index < -0.39 is 29.7 Å². The van der Waals surface area contributed by atoms with Crippen molar-refractivity contribution < 1.29 is 19.1 Å². The Bertz CT molecular complexity index is 1330. The van der Waals surface area contributed by atoms with Gasteiger partial charge < -0.3 is 20.1 Å². The molecule has 3 aromatic rings. The smallest absolute Gasteiger partial charge is 0.344 e. The lowest BCUT2D eigenvalue weighted by Gasteiger charge is -2.23. The molecule has 0 spiro atoms. The van der Waals surface area contributed by atoms with Gasteiger partial charge in [-0.05, 0) is 49.6 Å². The number of carbonyl (C=O) groups excluding carboxylic acids is 2. The first-order valence-corrected chi connectivity index (χ1v) is 11.0. The zero-order valence-corrected chi connectivity index (χ0v) is 19.9. The number of nitrogens with zero attached hydrogens (tertiary/aromatic N) is 2. The number of ether oxygens (including phenoxy) is 2. The Morgan fingerprint density at radius 2 is 1.74 bits per heavy atom. The number of nitrogens with one attached hydrogen (secondary N) is 1. The minimum atomic E-state index is -0.809. The van der Waals surface area contributed by atoms with Gasteiger partial charge in [-0.15, -0.1) is 0 Å². The average Bonchev–Trinajstić information content (AvgIpc) is 2.84. The Balaban J connectivity index is 1.70. The van der Waals surface area contributed by atoms with E-state index >= 15 is 0 Å². The predicted molar refractivity (Wildman–Crippen MR) is 132 cm³/mol. The standard InChI is InChI=1S/C25H28N4O6/c1-4-28(20(30)14-35-21(31)15-34-19-11-10-16(2)17(3)12-19)22-23(26)29(25(33)27-24(22)32)13-18-8-6-5-7-9-18/h5-12H,4,13-15,26H2,1-3H3,(H,27,32,33). The lowest BCUT2D eigenvalue weighted by molar-refractivity contribution is -0.149. The van der Waals surface area contributed by atoms with Gasteiger partial charge in [0.15, 0.2) is 18.9 Å². The molecule has 35 heavy (non-hydrogen) atoms. The van der Waals surface area contributed by atoms with Crippen LogP contribution in [-0.4, -0.2) is 41.2 Å². The van der Waals surface area contributed by atoms with Crippen molar-refractivity contribution in [3.8, 4) is 5.75 Å². The largest absolute Gasteiger partial charge is 0.482 e. The Kier molecular flexibility index (Phi) is 8.08. The van der Waals surface area contributed by atoms with E-state index in [9.17, 15) is 19.2 Å². The molecule has 0 saturated carbocycles. The molecule has 1 heterocycles. The van der Waals surface area contributed by atoms with Crippen molar-refractivity contribution in [3.05, 3.63) is 86.1 Å². The highest BCUT2D eigenvalue weighted by Crippen LogP contribution is 2.18. The summed E-state index contributed by atoms with van der Waals surface area (Å²) in [5.74, 6) is -1.08. The van der Waals surface area contributed by atoms with Crippen molar-refractivity contribution in [1.29, 1.82) is 0 Å². The number of aromatic nitrogens is 2. The minimum absolute atomic E-state index is 0.0619. The van der Waals surface area contributed by atoms with Gasteiger partial charge >= 0.3 is 11.7 Å². The maximum Gasteiger partial charge on any atom is 0.344 e. The third-order valence-electron chi connectivity index (χ3n) is 5.48. The molecular formula is C25H28N4O6. The van der Waals surface area contributed by atoms with E-state index in [2.05, 4.69) is 4.98 Å². The van der Waals surface area contributed by atoms with Crippen LogP contribution in [0.2, 0.25) is 0 Å². The van der Waals surface area contributed by atoms with Gasteiger partial charge in [-0.2, -0.15) is 0 Å². The second-order valence-electron chi connectivity index (χ2n) is 7.90. The van der Waals surface area contributed by atoms with E-state index in [1.165, 1.54) is 4.57 Å². The van der Waals surface area contributed by atoms with E-state index in [1.807, 2.05) is 38.1 Å². The lowest BCUT2D eigenvalue weighted by atomic mass is 10.1. The summed E-state index contributed by atoms with van der Waals surface area (Å²) in [6.45, 7) is 4.68. The van der Waals surface area contributed by atoms with Crippen molar-refractivity contribution in [2.45, 2.75) is 27.3 Å². The van der Waals surface area contributed by atoms with Crippen LogP contribution in [0.3, 0.4) is 0 Å². The molecule has 0 atom stereocenters. The second kappa shape index (κ2) is 11.2. The molecule has 184 valence electrons. The summed E-state index contributed by atoms with van der Waals surface area (Å²) in [5.41, 5.74) is 7.36. The third kappa shape index (κ3) is 6.17. The van der Waals surface area contributed by atoms with Gasteiger partial charge in [-0.1, -0.05) is 36.4 Å². The Hall–Kier alpha value is -4.34. The molecule has 3 N–H and O–H groups in total. The SMILES string of the molecule is CCN(C(=O)COC(=O)COc1ccc(C)c(C)c1)c1c(N)n(Cc2ccccc2)c(=O)[nH]c1=O. The van der Waals surface area contributed by atoms with Crippen LogP contribution in [0.5, 0.6) is 5.75 Å². The number of aryl methyl sites for hydroxylation is 2. The molecule has 0 aliphatic heterocycles. The van der Waals surface area contributed by atoms with Gasteiger partial charge in [0, 0.05) is 6.54 Å². The van der Waals surface area contributed by atoms with Gasteiger partial charge in [0.2, 0.25) is 0 Å². The highest BCUT2D eigenvalue weighted by atomic mass is 16.6. The predicted octanol–water partition coefficient (Wildman–Crippen LogP) is 1.76. The van der Waals surface area contributed by atoms with Crippen LogP contribution in [0.4, 0.5) is 11.5 Å². The number of rotatable bonds is 9. The molecule has 0 unspecified atom stereocenters. The van der Waals surface area contributed by atoms with E-state index in [0.717, 1.165) is 21.6 Å². The topological polar surface area (TPSA) is 137 Å². The Morgan fingerprint density at radius 1 is 1.03 bits per heavy atom. The van der Waals surface area contributed by atoms with Crippen LogP contribution in [0, 0.1) is 13.8 Å². The number of amides is 1. The van der Waals surface area contributed by atoms with Crippen molar-refractivity contribution in [2.24, 2.45) is 0 Å². The first kappa shape index (κ1) is 25.3. The molecule has 3 rings (SSSR count). The highest BCUT2D eigenvalue weighted by molar-refractivity contribution is 5.97. The van der Waals surface area contributed by atoms with Crippen molar-refractivity contribution >= 4 is 23.4 Å².